The summed E-state index contributed by atoms with van der Waals surface area (Å²) < 4.78 is 5.74. The summed E-state index contributed by atoms with van der Waals surface area (Å²) in [6, 6.07) is 0.232. The van der Waals surface area contributed by atoms with Crippen molar-refractivity contribution >= 4 is 5.91 Å². The standard InChI is InChI=1S/C12H24N2O2/c1-4-12(5-2)9(14-11(15)8-13)7-10(12)16-6-3/h9-10H,4-8,13H2,1-3H3,(H,14,15). The molecule has 94 valence electrons. The monoisotopic (exact) mass is 228 g/mol. The number of amides is 1. The average molecular weight is 228 g/mol. The minimum Gasteiger partial charge on any atom is -0.378 e. The van der Waals surface area contributed by atoms with Gasteiger partial charge in [0.25, 0.3) is 0 Å². The van der Waals surface area contributed by atoms with E-state index in [0.29, 0.717) is 0 Å². The fraction of sp³-hybridized carbons (Fsp3) is 0.917. The van der Waals surface area contributed by atoms with E-state index in [1.807, 2.05) is 6.92 Å². The number of ether oxygens (including phenoxy) is 1. The Morgan fingerprint density at radius 3 is 2.50 bits per heavy atom. The number of carbonyl (C=O) groups is 1. The Balaban J connectivity index is 2.64. The highest BCUT2D eigenvalue weighted by atomic mass is 16.5. The molecule has 0 saturated heterocycles. The lowest BCUT2D eigenvalue weighted by molar-refractivity contribution is -0.147. The van der Waals surface area contributed by atoms with Crippen molar-refractivity contribution in [2.75, 3.05) is 13.2 Å². The second kappa shape index (κ2) is 5.64. The van der Waals surface area contributed by atoms with Crippen molar-refractivity contribution in [1.82, 2.24) is 5.32 Å². The van der Waals surface area contributed by atoms with Crippen molar-refractivity contribution in [3.63, 3.8) is 0 Å². The number of nitrogens with two attached hydrogens (primary N) is 1. The summed E-state index contributed by atoms with van der Waals surface area (Å²) in [6.07, 6.45) is 3.27. The maximum Gasteiger partial charge on any atom is 0.233 e. The molecule has 1 amide bonds. The molecule has 16 heavy (non-hydrogen) atoms. The summed E-state index contributed by atoms with van der Waals surface area (Å²) in [5, 5.41) is 3.00. The molecule has 2 unspecified atom stereocenters. The van der Waals surface area contributed by atoms with Crippen LogP contribution in [-0.2, 0) is 9.53 Å². The third kappa shape index (κ3) is 2.23. The average Bonchev–Trinajstić information content (AvgIpc) is 2.29. The van der Waals surface area contributed by atoms with Crippen LogP contribution in [0.1, 0.15) is 40.0 Å². The molecule has 0 aromatic heterocycles. The first-order valence-electron chi connectivity index (χ1n) is 6.25. The van der Waals surface area contributed by atoms with E-state index in [1.54, 1.807) is 0 Å². The third-order valence-electron chi connectivity index (χ3n) is 3.99. The van der Waals surface area contributed by atoms with Gasteiger partial charge in [0, 0.05) is 18.1 Å². The molecule has 0 bridgehead atoms. The van der Waals surface area contributed by atoms with Gasteiger partial charge in [0.2, 0.25) is 5.91 Å². The van der Waals surface area contributed by atoms with E-state index in [2.05, 4.69) is 19.2 Å². The third-order valence-corrected chi connectivity index (χ3v) is 3.99. The van der Waals surface area contributed by atoms with Gasteiger partial charge in [-0.1, -0.05) is 13.8 Å². The largest absolute Gasteiger partial charge is 0.378 e. The number of hydrogen-bond acceptors (Lipinski definition) is 3. The van der Waals surface area contributed by atoms with Crippen LogP contribution in [0.3, 0.4) is 0 Å². The molecule has 0 aliphatic heterocycles. The Labute approximate surface area is 97.9 Å². The Hall–Kier alpha value is -0.610. The zero-order valence-electron chi connectivity index (χ0n) is 10.6. The molecule has 1 saturated carbocycles. The molecule has 0 spiro atoms. The minimum absolute atomic E-state index is 0.0637. The summed E-state index contributed by atoms with van der Waals surface area (Å²) in [5.74, 6) is -0.0637. The molecular weight excluding hydrogens is 204 g/mol. The summed E-state index contributed by atoms with van der Waals surface area (Å²) in [4.78, 5) is 11.3. The van der Waals surface area contributed by atoms with Crippen LogP contribution < -0.4 is 11.1 Å². The van der Waals surface area contributed by atoms with Crippen LogP contribution in [0.5, 0.6) is 0 Å². The summed E-state index contributed by atoms with van der Waals surface area (Å²) in [7, 11) is 0. The van der Waals surface area contributed by atoms with Crippen LogP contribution in [0.2, 0.25) is 0 Å². The predicted molar refractivity (Wildman–Crippen MR) is 64.0 cm³/mol. The molecule has 0 radical (unpaired) electrons. The van der Waals surface area contributed by atoms with E-state index >= 15 is 0 Å². The molecule has 0 aromatic carbocycles. The van der Waals surface area contributed by atoms with Crippen LogP contribution >= 0.6 is 0 Å². The molecule has 2 atom stereocenters. The van der Waals surface area contributed by atoms with Crippen LogP contribution in [0.4, 0.5) is 0 Å². The molecule has 1 aliphatic rings. The number of nitrogens with one attached hydrogen (secondary N) is 1. The lowest BCUT2D eigenvalue weighted by atomic mass is 9.58. The van der Waals surface area contributed by atoms with Gasteiger partial charge in [-0.15, -0.1) is 0 Å². The molecule has 1 fully saturated rings. The van der Waals surface area contributed by atoms with Gasteiger partial charge in [-0.3, -0.25) is 4.79 Å². The van der Waals surface area contributed by atoms with E-state index in [1.165, 1.54) is 0 Å². The highest BCUT2D eigenvalue weighted by Gasteiger charge is 2.53. The highest BCUT2D eigenvalue weighted by Crippen LogP contribution is 2.48. The van der Waals surface area contributed by atoms with Crippen LogP contribution in [-0.4, -0.2) is 31.2 Å². The van der Waals surface area contributed by atoms with Crippen molar-refractivity contribution in [3.05, 3.63) is 0 Å². The number of rotatable bonds is 6. The molecule has 1 rings (SSSR count). The van der Waals surface area contributed by atoms with Crippen molar-refractivity contribution in [1.29, 1.82) is 0 Å². The van der Waals surface area contributed by atoms with Gasteiger partial charge in [0.15, 0.2) is 0 Å². The van der Waals surface area contributed by atoms with Crippen molar-refractivity contribution < 1.29 is 9.53 Å². The summed E-state index contributed by atoms with van der Waals surface area (Å²) in [5.41, 5.74) is 5.43. The van der Waals surface area contributed by atoms with E-state index in [-0.39, 0.29) is 30.0 Å². The SMILES string of the molecule is CCOC1CC(NC(=O)CN)C1(CC)CC. The normalized spacial score (nSPS) is 27.2. The minimum atomic E-state index is -0.0637. The molecule has 1 aliphatic carbocycles. The van der Waals surface area contributed by atoms with Crippen LogP contribution in [0.15, 0.2) is 0 Å². The molecule has 0 heterocycles. The fourth-order valence-corrected chi connectivity index (χ4v) is 2.84. The fourth-order valence-electron chi connectivity index (χ4n) is 2.84. The Kier molecular flexibility index (Phi) is 4.74. The predicted octanol–water partition coefficient (Wildman–Crippen LogP) is 1.05. The second-order valence-corrected chi connectivity index (χ2v) is 4.44. The topological polar surface area (TPSA) is 64.3 Å². The summed E-state index contributed by atoms with van der Waals surface area (Å²) >= 11 is 0. The Morgan fingerprint density at radius 1 is 1.44 bits per heavy atom. The van der Waals surface area contributed by atoms with E-state index in [4.69, 9.17) is 10.5 Å². The smallest absolute Gasteiger partial charge is 0.233 e. The van der Waals surface area contributed by atoms with E-state index < -0.39 is 0 Å². The van der Waals surface area contributed by atoms with Gasteiger partial charge >= 0.3 is 0 Å². The Morgan fingerprint density at radius 2 is 2.06 bits per heavy atom. The lowest BCUT2D eigenvalue weighted by Crippen LogP contribution is -2.64. The molecule has 0 aromatic rings. The maximum atomic E-state index is 11.3. The number of hydrogen-bond donors (Lipinski definition) is 2. The molecule has 4 nitrogen and oxygen atoms in total. The Bertz CT molecular complexity index is 239. The summed E-state index contributed by atoms with van der Waals surface area (Å²) in [6.45, 7) is 7.15. The first-order valence-corrected chi connectivity index (χ1v) is 6.25. The zero-order chi connectivity index (χ0) is 12.2. The first-order chi connectivity index (χ1) is 7.64. The van der Waals surface area contributed by atoms with Crippen molar-refractivity contribution in [2.24, 2.45) is 11.1 Å². The van der Waals surface area contributed by atoms with Gasteiger partial charge in [-0.25, -0.2) is 0 Å². The zero-order valence-corrected chi connectivity index (χ0v) is 10.6. The van der Waals surface area contributed by atoms with Crippen molar-refractivity contribution in [2.45, 2.75) is 52.2 Å². The van der Waals surface area contributed by atoms with Gasteiger partial charge in [0.05, 0.1) is 12.6 Å². The van der Waals surface area contributed by atoms with Gasteiger partial charge in [0.1, 0.15) is 0 Å². The maximum absolute atomic E-state index is 11.3. The van der Waals surface area contributed by atoms with Gasteiger partial charge < -0.3 is 15.8 Å². The number of carbonyl (C=O) groups excluding carboxylic acids is 1. The van der Waals surface area contributed by atoms with Crippen molar-refractivity contribution in [3.8, 4) is 0 Å². The van der Waals surface area contributed by atoms with E-state index in [0.717, 1.165) is 25.9 Å². The molecule has 4 heteroatoms. The van der Waals surface area contributed by atoms with E-state index in [9.17, 15) is 4.79 Å². The van der Waals surface area contributed by atoms with Gasteiger partial charge in [-0.2, -0.15) is 0 Å². The van der Waals surface area contributed by atoms with Crippen LogP contribution in [0, 0.1) is 5.41 Å². The lowest BCUT2D eigenvalue weighted by Gasteiger charge is -2.55. The molecular formula is C12H24N2O2. The van der Waals surface area contributed by atoms with Gasteiger partial charge in [-0.05, 0) is 26.2 Å². The second-order valence-electron chi connectivity index (χ2n) is 4.44. The highest BCUT2D eigenvalue weighted by molar-refractivity contribution is 5.78. The van der Waals surface area contributed by atoms with Crippen LogP contribution in [0.25, 0.3) is 0 Å². The quantitative estimate of drug-likeness (QED) is 0.714. The molecule has 3 N–H and O–H groups in total. The first kappa shape index (κ1) is 13.5.